The molecule has 0 saturated carbocycles. The Morgan fingerprint density at radius 1 is 1.09 bits per heavy atom. The maximum absolute atomic E-state index is 15.0. The number of hydrogen-bond acceptors (Lipinski definition) is 5. The number of methoxy groups -OCH3 is 1. The van der Waals surface area contributed by atoms with Crippen molar-refractivity contribution in [2.75, 3.05) is 38.2 Å². The number of anilines is 1. The zero-order valence-corrected chi connectivity index (χ0v) is 18.9. The van der Waals surface area contributed by atoms with Gasteiger partial charge < -0.3 is 19.3 Å². The van der Waals surface area contributed by atoms with Crippen LogP contribution < -0.4 is 10.3 Å². The predicted molar refractivity (Wildman–Crippen MR) is 125 cm³/mol. The van der Waals surface area contributed by atoms with E-state index in [1.807, 2.05) is 11.8 Å². The van der Waals surface area contributed by atoms with Crippen LogP contribution in [0.25, 0.3) is 10.9 Å². The first-order chi connectivity index (χ1) is 15.9. The van der Waals surface area contributed by atoms with Gasteiger partial charge in [0.1, 0.15) is 11.4 Å². The average molecular weight is 454 g/mol. The van der Waals surface area contributed by atoms with Gasteiger partial charge in [-0.05, 0) is 30.2 Å². The molecular weight excluding hydrogens is 425 g/mol. The van der Waals surface area contributed by atoms with Gasteiger partial charge in [0.05, 0.1) is 17.8 Å². The molecule has 1 N–H and O–H groups in total. The molecule has 1 aliphatic rings. The van der Waals surface area contributed by atoms with Crippen molar-refractivity contribution in [2.24, 2.45) is 0 Å². The number of carboxylic acids is 1. The van der Waals surface area contributed by atoms with E-state index in [0.29, 0.717) is 37.4 Å². The molecule has 4 rings (SSSR count). The van der Waals surface area contributed by atoms with Crippen LogP contribution in [0, 0.1) is 5.82 Å². The Morgan fingerprint density at radius 3 is 2.36 bits per heavy atom. The van der Waals surface area contributed by atoms with Crippen LogP contribution in [0.1, 0.15) is 28.4 Å². The smallest absolute Gasteiger partial charge is 0.341 e. The molecule has 2 heterocycles. The highest BCUT2D eigenvalue weighted by Crippen LogP contribution is 2.26. The molecule has 7 nitrogen and oxygen atoms in total. The number of rotatable bonds is 7. The number of aromatic carboxylic acids is 1. The summed E-state index contributed by atoms with van der Waals surface area (Å²) in [6.07, 6.45) is 1.34. The van der Waals surface area contributed by atoms with E-state index in [2.05, 4.69) is 29.2 Å². The molecular formula is C25H28FN3O4. The summed E-state index contributed by atoms with van der Waals surface area (Å²) < 4.78 is 21.9. The number of piperazine rings is 1. The Morgan fingerprint density at radius 2 is 1.76 bits per heavy atom. The number of pyridine rings is 1. The Labute approximate surface area is 191 Å². The molecule has 1 saturated heterocycles. The highest BCUT2D eigenvalue weighted by atomic mass is 19.1. The number of hydrogen-bond donors (Lipinski definition) is 1. The molecule has 174 valence electrons. The van der Waals surface area contributed by atoms with Crippen molar-refractivity contribution in [1.82, 2.24) is 9.47 Å². The molecule has 1 aromatic heterocycles. The number of fused-ring (bicyclic) bond motifs is 1. The lowest BCUT2D eigenvalue weighted by molar-refractivity contribution is 0.0695. The van der Waals surface area contributed by atoms with Gasteiger partial charge in [0.15, 0.2) is 0 Å². The number of nitrogens with zero attached hydrogens (tertiary/aromatic N) is 3. The number of aromatic nitrogens is 1. The van der Waals surface area contributed by atoms with Gasteiger partial charge in [-0.2, -0.15) is 0 Å². The third-order valence-corrected chi connectivity index (χ3v) is 6.17. The number of halogens is 1. The summed E-state index contributed by atoms with van der Waals surface area (Å²) in [5, 5.41) is 9.41. The van der Waals surface area contributed by atoms with E-state index in [1.165, 1.54) is 17.8 Å². The monoisotopic (exact) mass is 453 g/mol. The summed E-state index contributed by atoms with van der Waals surface area (Å²) in [6, 6.07) is 11.2. The first-order valence-corrected chi connectivity index (χ1v) is 11.0. The molecule has 0 unspecified atom stereocenters. The maximum Gasteiger partial charge on any atom is 0.341 e. The fourth-order valence-electron chi connectivity index (χ4n) is 4.37. The largest absolute Gasteiger partial charge is 0.477 e. The van der Waals surface area contributed by atoms with E-state index in [9.17, 15) is 14.7 Å². The van der Waals surface area contributed by atoms with Gasteiger partial charge in [-0.1, -0.05) is 24.3 Å². The van der Waals surface area contributed by atoms with Gasteiger partial charge in [-0.3, -0.25) is 9.69 Å². The van der Waals surface area contributed by atoms with Gasteiger partial charge in [0.25, 0.3) is 0 Å². The van der Waals surface area contributed by atoms with Crippen LogP contribution in [-0.2, 0) is 24.4 Å². The van der Waals surface area contributed by atoms with Crippen LogP contribution in [0.3, 0.4) is 0 Å². The first-order valence-electron chi connectivity index (χ1n) is 11.0. The third-order valence-electron chi connectivity index (χ3n) is 6.17. The standard InChI is InChI=1S/C25H28FN3O4/c1-3-28-15-20(25(31)32)24(30)19-12-21(26)23(13-22(19)28)29-10-8-27(9-11-29)14-17-4-6-18(7-5-17)16-33-2/h4-7,12-13,15H,3,8-11,14,16H2,1-2H3,(H,31,32). The Kier molecular flexibility index (Phi) is 6.76. The lowest BCUT2D eigenvalue weighted by Crippen LogP contribution is -2.46. The minimum absolute atomic E-state index is 0.0913. The quantitative estimate of drug-likeness (QED) is 0.592. The van der Waals surface area contributed by atoms with Crippen molar-refractivity contribution in [2.45, 2.75) is 26.6 Å². The molecule has 0 aliphatic carbocycles. The molecule has 8 heteroatoms. The second-order valence-electron chi connectivity index (χ2n) is 8.30. The Hall–Kier alpha value is -3.23. The van der Waals surface area contributed by atoms with Gasteiger partial charge in [0.2, 0.25) is 5.43 Å². The lowest BCUT2D eigenvalue weighted by atomic mass is 10.1. The zero-order chi connectivity index (χ0) is 23.5. The summed E-state index contributed by atoms with van der Waals surface area (Å²) in [5.41, 5.74) is 2.34. The van der Waals surface area contributed by atoms with Crippen LogP contribution >= 0.6 is 0 Å². The van der Waals surface area contributed by atoms with Gasteiger partial charge in [0, 0.05) is 58.0 Å². The normalized spacial score (nSPS) is 14.7. The van der Waals surface area contributed by atoms with Crippen LogP contribution in [0.15, 0.2) is 47.4 Å². The van der Waals surface area contributed by atoms with Gasteiger partial charge in [-0.15, -0.1) is 0 Å². The second-order valence-corrected chi connectivity index (χ2v) is 8.30. The van der Waals surface area contributed by atoms with E-state index in [1.54, 1.807) is 17.7 Å². The highest BCUT2D eigenvalue weighted by molar-refractivity contribution is 5.93. The molecule has 3 aromatic rings. The lowest BCUT2D eigenvalue weighted by Gasteiger charge is -2.36. The molecule has 33 heavy (non-hydrogen) atoms. The van der Waals surface area contributed by atoms with Crippen molar-refractivity contribution in [3.05, 3.63) is 75.3 Å². The van der Waals surface area contributed by atoms with Crippen molar-refractivity contribution >= 4 is 22.6 Å². The van der Waals surface area contributed by atoms with Gasteiger partial charge >= 0.3 is 5.97 Å². The zero-order valence-electron chi connectivity index (χ0n) is 18.9. The van der Waals surface area contributed by atoms with E-state index < -0.39 is 17.2 Å². The summed E-state index contributed by atoms with van der Waals surface area (Å²) >= 11 is 0. The van der Waals surface area contributed by atoms with E-state index >= 15 is 4.39 Å². The Bertz CT molecular complexity index is 1220. The van der Waals surface area contributed by atoms with Crippen molar-refractivity contribution < 1.29 is 19.0 Å². The molecule has 0 amide bonds. The van der Waals surface area contributed by atoms with Crippen LogP contribution in [0.5, 0.6) is 0 Å². The number of carbonyl (C=O) groups is 1. The van der Waals surface area contributed by atoms with Crippen molar-refractivity contribution in [3.8, 4) is 0 Å². The summed E-state index contributed by atoms with van der Waals surface area (Å²) in [5.74, 6) is -1.81. The van der Waals surface area contributed by atoms with Crippen LogP contribution in [-0.4, -0.2) is 53.8 Å². The number of carboxylic acid groups (broad SMARTS) is 1. The number of ether oxygens (including phenoxy) is 1. The molecule has 0 spiro atoms. The minimum Gasteiger partial charge on any atom is -0.477 e. The van der Waals surface area contributed by atoms with Gasteiger partial charge in [-0.25, -0.2) is 9.18 Å². The number of benzene rings is 2. The first kappa shape index (κ1) is 22.9. The molecule has 0 bridgehead atoms. The van der Waals surface area contributed by atoms with Crippen LogP contribution in [0.2, 0.25) is 0 Å². The molecule has 0 atom stereocenters. The molecule has 1 fully saturated rings. The summed E-state index contributed by atoms with van der Waals surface area (Å²) in [6.45, 7) is 6.65. The minimum atomic E-state index is -1.31. The van der Waals surface area contributed by atoms with E-state index in [-0.39, 0.29) is 10.9 Å². The summed E-state index contributed by atoms with van der Waals surface area (Å²) in [7, 11) is 1.68. The number of aryl methyl sites for hydroxylation is 1. The maximum atomic E-state index is 15.0. The molecule has 0 radical (unpaired) electrons. The fraction of sp³-hybridized carbons (Fsp3) is 0.360. The van der Waals surface area contributed by atoms with Crippen molar-refractivity contribution in [1.29, 1.82) is 0 Å². The fourth-order valence-corrected chi connectivity index (χ4v) is 4.37. The Balaban J connectivity index is 1.52. The third kappa shape index (κ3) is 4.77. The molecule has 1 aliphatic heterocycles. The van der Waals surface area contributed by atoms with Crippen LogP contribution in [0.4, 0.5) is 10.1 Å². The van der Waals surface area contributed by atoms with E-state index in [0.717, 1.165) is 25.2 Å². The van der Waals surface area contributed by atoms with Crippen molar-refractivity contribution in [3.63, 3.8) is 0 Å². The SMILES string of the molecule is CCn1cc(C(=O)O)c(=O)c2cc(F)c(N3CCN(Cc4ccc(COC)cc4)CC3)cc21. The summed E-state index contributed by atoms with van der Waals surface area (Å²) in [4.78, 5) is 28.3. The average Bonchev–Trinajstić information content (AvgIpc) is 2.81. The second kappa shape index (κ2) is 9.72. The molecule has 2 aromatic carbocycles. The predicted octanol–water partition coefficient (Wildman–Crippen LogP) is 3.33. The topological polar surface area (TPSA) is 75.0 Å². The highest BCUT2D eigenvalue weighted by Gasteiger charge is 2.22. The van der Waals surface area contributed by atoms with E-state index in [4.69, 9.17) is 4.74 Å².